The predicted octanol–water partition coefficient (Wildman–Crippen LogP) is 0.201. The number of H-pyrrole nitrogens is 1. The minimum absolute atomic E-state index is 0.0154. The maximum atomic E-state index is 12.1. The van der Waals surface area contributed by atoms with Gasteiger partial charge in [0.2, 0.25) is 11.7 Å². The van der Waals surface area contributed by atoms with Crippen LogP contribution in [0.2, 0.25) is 0 Å². The zero-order valence-corrected chi connectivity index (χ0v) is 11.1. The van der Waals surface area contributed by atoms with Crippen molar-refractivity contribution in [3.8, 4) is 5.75 Å². The molecule has 1 amide bonds. The minimum atomic E-state index is -0.443. The van der Waals surface area contributed by atoms with Crippen LogP contribution in [0.15, 0.2) is 11.1 Å². The summed E-state index contributed by atoms with van der Waals surface area (Å²) in [6.45, 7) is 3.35. The van der Waals surface area contributed by atoms with Gasteiger partial charge in [0.15, 0.2) is 5.82 Å². The maximum absolute atomic E-state index is 12.1. The molecule has 1 saturated heterocycles. The molecule has 2 rings (SSSR count). The van der Waals surface area contributed by atoms with Crippen molar-refractivity contribution in [3.63, 3.8) is 0 Å². The van der Waals surface area contributed by atoms with Crippen molar-refractivity contribution in [2.45, 2.75) is 25.8 Å². The Labute approximate surface area is 111 Å². The molecule has 1 aliphatic heterocycles. The van der Waals surface area contributed by atoms with Crippen LogP contribution in [0.4, 0.5) is 5.82 Å². The number of carbonyl (C=O) groups is 1. The first-order chi connectivity index (χ1) is 9.13. The third-order valence-corrected chi connectivity index (χ3v) is 3.16. The van der Waals surface area contributed by atoms with Gasteiger partial charge < -0.3 is 19.9 Å². The molecule has 0 saturated carbocycles. The average molecular weight is 266 g/mol. The fraction of sp³-hybridized carbons (Fsp3) is 0.583. The molecule has 2 heterocycles. The number of amides is 1. The summed E-state index contributed by atoms with van der Waals surface area (Å²) >= 11 is 0. The first-order valence-corrected chi connectivity index (χ1v) is 6.30. The van der Waals surface area contributed by atoms with Crippen LogP contribution in [-0.2, 0) is 4.79 Å². The highest BCUT2D eigenvalue weighted by Gasteiger charge is 2.24. The molecule has 0 bridgehead atoms. The molecule has 1 atom stereocenters. The van der Waals surface area contributed by atoms with Crippen molar-refractivity contribution in [1.82, 2.24) is 14.9 Å². The largest absolute Gasteiger partial charge is 0.489 e. The van der Waals surface area contributed by atoms with Gasteiger partial charge in [-0.05, 0) is 19.8 Å². The molecule has 1 aliphatic rings. The lowest BCUT2D eigenvalue weighted by atomic mass is 10.3. The number of carbonyl (C=O) groups excluding carboxylic acids is 1. The Hall–Kier alpha value is -2.05. The van der Waals surface area contributed by atoms with Gasteiger partial charge in [-0.1, -0.05) is 0 Å². The number of aromatic amines is 1. The highest BCUT2D eigenvalue weighted by molar-refractivity contribution is 5.84. The van der Waals surface area contributed by atoms with Crippen molar-refractivity contribution in [2.75, 3.05) is 25.5 Å². The summed E-state index contributed by atoms with van der Waals surface area (Å²) in [5.41, 5.74) is -0.374. The zero-order valence-electron chi connectivity index (χ0n) is 11.1. The fourth-order valence-corrected chi connectivity index (χ4v) is 2.16. The molecule has 19 heavy (non-hydrogen) atoms. The molecule has 1 aromatic rings. The smallest absolute Gasteiger partial charge is 0.295 e. The summed E-state index contributed by atoms with van der Waals surface area (Å²) in [6.07, 6.45) is 3.37. The Morgan fingerprint density at radius 1 is 1.53 bits per heavy atom. The highest BCUT2D eigenvalue weighted by atomic mass is 16.5. The molecule has 1 fully saturated rings. The molecule has 0 aromatic carbocycles. The summed E-state index contributed by atoms with van der Waals surface area (Å²) in [5.74, 6) is 0.386. The maximum Gasteiger partial charge on any atom is 0.295 e. The van der Waals surface area contributed by atoms with E-state index in [1.54, 1.807) is 6.92 Å². The quantitative estimate of drug-likeness (QED) is 0.813. The molecular weight excluding hydrogens is 248 g/mol. The predicted molar refractivity (Wildman–Crippen MR) is 70.3 cm³/mol. The Morgan fingerprint density at radius 2 is 2.21 bits per heavy atom. The Morgan fingerprint density at radius 3 is 2.84 bits per heavy atom. The molecule has 104 valence electrons. The van der Waals surface area contributed by atoms with Crippen molar-refractivity contribution in [2.24, 2.45) is 0 Å². The van der Waals surface area contributed by atoms with Crippen LogP contribution in [0.25, 0.3) is 0 Å². The lowest BCUT2D eigenvalue weighted by Crippen LogP contribution is -2.40. The van der Waals surface area contributed by atoms with Gasteiger partial charge in [-0.15, -0.1) is 0 Å². The molecule has 7 heteroatoms. The van der Waals surface area contributed by atoms with Gasteiger partial charge in [-0.2, -0.15) is 0 Å². The molecule has 0 aliphatic carbocycles. The number of nitrogens with one attached hydrogen (secondary N) is 2. The van der Waals surface area contributed by atoms with Gasteiger partial charge in [0.25, 0.3) is 5.56 Å². The number of hydrogen-bond donors (Lipinski definition) is 2. The molecule has 0 spiro atoms. The van der Waals surface area contributed by atoms with Crippen LogP contribution in [0.5, 0.6) is 5.75 Å². The van der Waals surface area contributed by atoms with Crippen LogP contribution in [0.3, 0.4) is 0 Å². The van der Waals surface area contributed by atoms with E-state index in [9.17, 15) is 9.59 Å². The number of nitrogens with zero attached hydrogens (tertiary/aromatic N) is 2. The van der Waals surface area contributed by atoms with Gasteiger partial charge in [0.05, 0.1) is 13.4 Å². The summed E-state index contributed by atoms with van der Waals surface area (Å²) in [7, 11) is 1.39. The fourth-order valence-electron chi connectivity index (χ4n) is 2.16. The Balaban J connectivity index is 2.10. The van der Waals surface area contributed by atoms with Gasteiger partial charge in [0.1, 0.15) is 6.04 Å². The van der Waals surface area contributed by atoms with Crippen LogP contribution in [0, 0.1) is 0 Å². The van der Waals surface area contributed by atoms with Crippen molar-refractivity contribution in [1.29, 1.82) is 0 Å². The standard InChI is InChI=1S/C12H18N4O3/c1-8(12(18)16-5-3-4-6-16)15-10-9(19-2)11(17)14-7-13-10/h7-8H,3-6H2,1-2H3,(H2,13,14,15,17). The third-order valence-electron chi connectivity index (χ3n) is 3.16. The van der Waals surface area contributed by atoms with E-state index in [1.165, 1.54) is 13.4 Å². The number of methoxy groups -OCH3 is 1. The molecule has 1 unspecified atom stereocenters. The monoisotopic (exact) mass is 266 g/mol. The van der Waals surface area contributed by atoms with E-state index in [4.69, 9.17) is 4.74 Å². The van der Waals surface area contributed by atoms with Crippen molar-refractivity contribution >= 4 is 11.7 Å². The van der Waals surface area contributed by atoms with Crippen LogP contribution in [0.1, 0.15) is 19.8 Å². The third kappa shape index (κ3) is 2.86. The van der Waals surface area contributed by atoms with Gasteiger partial charge in [-0.25, -0.2) is 4.98 Å². The van der Waals surface area contributed by atoms with E-state index in [1.807, 2.05) is 4.90 Å². The van der Waals surface area contributed by atoms with Gasteiger partial charge in [-0.3, -0.25) is 9.59 Å². The SMILES string of the molecule is COc1c(NC(C)C(=O)N2CCCC2)nc[nH]c1=O. The minimum Gasteiger partial charge on any atom is -0.489 e. The summed E-state index contributed by atoms with van der Waals surface area (Å²) in [4.78, 5) is 31.9. The van der Waals surface area contributed by atoms with Crippen LogP contribution in [-0.4, -0.2) is 47.0 Å². The van der Waals surface area contributed by atoms with Crippen molar-refractivity contribution < 1.29 is 9.53 Å². The van der Waals surface area contributed by atoms with Crippen molar-refractivity contribution in [3.05, 3.63) is 16.7 Å². The molecule has 2 N–H and O–H groups in total. The van der Waals surface area contributed by atoms with E-state index < -0.39 is 6.04 Å². The Bertz CT molecular complexity index is 508. The summed E-state index contributed by atoms with van der Waals surface area (Å²) in [6, 6.07) is -0.443. The van der Waals surface area contributed by atoms with E-state index in [0.717, 1.165) is 25.9 Å². The molecule has 7 nitrogen and oxygen atoms in total. The number of likely N-dealkylation sites (tertiary alicyclic amines) is 1. The normalized spacial score (nSPS) is 16.2. The second-order valence-corrected chi connectivity index (χ2v) is 4.51. The van der Waals surface area contributed by atoms with Crippen LogP contribution < -0.4 is 15.6 Å². The lowest BCUT2D eigenvalue weighted by molar-refractivity contribution is -0.130. The van der Waals surface area contributed by atoms with Gasteiger partial charge in [0, 0.05) is 13.1 Å². The average Bonchev–Trinajstić information content (AvgIpc) is 2.92. The second-order valence-electron chi connectivity index (χ2n) is 4.51. The van der Waals surface area contributed by atoms with Gasteiger partial charge >= 0.3 is 0 Å². The zero-order chi connectivity index (χ0) is 13.8. The lowest BCUT2D eigenvalue weighted by Gasteiger charge is -2.21. The second kappa shape index (κ2) is 5.73. The Kier molecular flexibility index (Phi) is 4.03. The number of hydrogen-bond acceptors (Lipinski definition) is 5. The van der Waals surface area contributed by atoms with Crippen LogP contribution >= 0.6 is 0 Å². The number of anilines is 1. The number of ether oxygens (including phenoxy) is 1. The number of aromatic nitrogens is 2. The topological polar surface area (TPSA) is 87.3 Å². The summed E-state index contributed by atoms with van der Waals surface area (Å²) in [5, 5.41) is 2.93. The van der Waals surface area contributed by atoms with E-state index in [-0.39, 0.29) is 23.0 Å². The first kappa shape index (κ1) is 13.4. The molecule has 1 aromatic heterocycles. The molecular formula is C12H18N4O3. The van der Waals surface area contributed by atoms with E-state index in [0.29, 0.717) is 0 Å². The summed E-state index contributed by atoms with van der Waals surface area (Å²) < 4.78 is 4.99. The molecule has 0 radical (unpaired) electrons. The number of rotatable bonds is 4. The van der Waals surface area contributed by atoms with E-state index in [2.05, 4.69) is 15.3 Å². The first-order valence-electron chi connectivity index (χ1n) is 6.30. The highest BCUT2D eigenvalue weighted by Crippen LogP contribution is 2.17. The van der Waals surface area contributed by atoms with E-state index >= 15 is 0 Å².